The molecule has 2 saturated heterocycles. The number of hydrogen-bond acceptors (Lipinski definition) is 9. The summed E-state index contributed by atoms with van der Waals surface area (Å²) >= 11 is 5.10. The van der Waals surface area contributed by atoms with Crippen molar-refractivity contribution in [3.8, 4) is 5.88 Å². The number of fused-ring (bicyclic) bond motifs is 4. The number of amides is 4. The van der Waals surface area contributed by atoms with Crippen molar-refractivity contribution in [2.75, 3.05) is 31.1 Å². The number of carbonyl (C=O) groups is 3. The van der Waals surface area contributed by atoms with Crippen LogP contribution in [0.5, 0.6) is 5.88 Å². The number of imide groups is 2. The van der Waals surface area contributed by atoms with Crippen LogP contribution >= 0.6 is 12.2 Å². The number of aliphatic imine (C=N–C) groups is 1. The summed E-state index contributed by atoms with van der Waals surface area (Å²) in [5, 5.41) is 15.2. The van der Waals surface area contributed by atoms with Crippen LogP contribution in [0, 0.1) is 10.2 Å². The number of aromatic nitrogens is 2. The Morgan fingerprint density at radius 2 is 1.95 bits per heavy atom. The van der Waals surface area contributed by atoms with Gasteiger partial charge in [-0.1, -0.05) is 13.0 Å². The largest absolute Gasteiger partial charge is 0.494 e. The number of benzene rings is 1. The Bertz CT molecular complexity index is 1490. The van der Waals surface area contributed by atoms with E-state index in [-0.39, 0.29) is 29.2 Å². The molecule has 4 amide bonds. The van der Waals surface area contributed by atoms with Gasteiger partial charge in [0.05, 0.1) is 11.7 Å². The standard InChI is InChI=1S/C25H27N7O5S/c1-3-7-32-20(34)16(19(33)27-24(32)38)12-26-15-5-6-17-14(10-15)11-25(21(35)28-23(37)29-22(25)36)18-13-30(4-2)8-9-31(17)18/h3,5-6,10,12,18,34H,1,4,7-9,11,13H2,2H3,(H,27,33,38)(H2,28,29,35,36,37)/t18-/m0/s1. The Kier molecular flexibility index (Phi) is 6.49. The van der Waals surface area contributed by atoms with E-state index >= 15 is 0 Å². The number of hydrogen-bond donors (Lipinski definition) is 4. The topological polar surface area (TPSA) is 152 Å². The molecule has 198 valence electrons. The van der Waals surface area contributed by atoms with E-state index in [4.69, 9.17) is 12.2 Å². The maximum atomic E-state index is 13.3. The zero-order valence-electron chi connectivity index (χ0n) is 20.7. The molecule has 3 aliphatic heterocycles. The number of carbonyl (C=O) groups excluding carboxylic acids is 3. The van der Waals surface area contributed by atoms with E-state index in [1.165, 1.54) is 16.9 Å². The minimum Gasteiger partial charge on any atom is -0.494 e. The van der Waals surface area contributed by atoms with E-state index in [9.17, 15) is 24.3 Å². The Balaban J connectivity index is 1.56. The summed E-state index contributed by atoms with van der Waals surface area (Å²) in [4.78, 5) is 62.0. The monoisotopic (exact) mass is 537 g/mol. The predicted molar refractivity (Wildman–Crippen MR) is 143 cm³/mol. The second-order valence-corrected chi connectivity index (χ2v) is 9.84. The van der Waals surface area contributed by atoms with Crippen LogP contribution in [-0.2, 0) is 22.6 Å². The fraction of sp³-hybridized carbons (Fsp3) is 0.360. The summed E-state index contributed by atoms with van der Waals surface area (Å²) in [6.45, 7) is 8.48. The average molecular weight is 538 g/mol. The molecule has 1 aromatic carbocycles. The Morgan fingerprint density at radius 3 is 2.63 bits per heavy atom. The highest BCUT2D eigenvalue weighted by molar-refractivity contribution is 7.71. The van der Waals surface area contributed by atoms with Crippen molar-refractivity contribution in [1.82, 2.24) is 25.1 Å². The number of nitrogens with one attached hydrogen (secondary N) is 3. The molecule has 3 aliphatic rings. The number of allylic oxidation sites excluding steroid dienone is 1. The fourth-order valence-corrected chi connectivity index (χ4v) is 5.74. The van der Waals surface area contributed by atoms with Gasteiger partial charge in [0.1, 0.15) is 5.56 Å². The first kappa shape index (κ1) is 25.5. The zero-order chi connectivity index (χ0) is 27.2. The molecular weight excluding hydrogens is 510 g/mol. The van der Waals surface area contributed by atoms with Crippen molar-refractivity contribution in [2.24, 2.45) is 10.4 Å². The smallest absolute Gasteiger partial charge is 0.328 e. The van der Waals surface area contributed by atoms with Gasteiger partial charge >= 0.3 is 6.03 Å². The van der Waals surface area contributed by atoms with E-state index < -0.39 is 34.9 Å². The molecular formula is C25H27N7O5S. The van der Waals surface area contributed by atoms with Gasteiger partial charge < -0.3 is 10.0 Å². The number of rotatable bonds is 5. The highest BCUT2D eigenvalue weighted by Gasteiger charge is 2.60. The van der Waals surface area contributed by atoms with E-state index in [0.717, 1.165) is 18.8 Å². The summed E-state index contributed by atoms with van der Waals surface area (Å²) in [7, 11) is 0. The third-order valence-corrected chi connectivity index (χ3v) is 7.77. The predicted octanol–water partition coefficient (Wildman–Crippen LogP) is 0.967. The van der Waals surface area contributed by atoms with E-state index in [1.54, 1.807) is 12.1 Å². The fourth-order valence-electron chi connectivity index (χ4n) is 5.48. The highest BCUT2D eigenvalue weighted by atomic mass is 32.1. The number of urea groups is 1. The molecule has 2 aromatic rings. The number of nitrogens with zero attached hydrogens (tertiary/aromatic N) is 4. The average Bonchev–Trinajstić information content (AvgIpc) is 2.88. The van der Waals surface area contributed by atoms with Crippen LogP contribution in [0.3, 0.4) is 0 Å². The van der Waals surface area contributed by atoms with Crippen LogP contribution in [0.15, 0.2) is 40.6 Å². The third-order valence-electron chi connectivity index (χ3n) is 7.45. The van der Waals surface area contributed by atoms with Crippen LogP contribution in [0.4, 0.5) is 16.2 Å². The van der Waals surface area contributed by atoms with Crippen molar-refractivity contribution in [3.05, 3.63) is 57.1 Å². The van der Waals surface area contributed by atoms with Gasteiger partial charge in [-0.3, -0.25) is 44.5 Å². The number of H-pyrrole nitrogens is 1. The lowest BCUT2D eigenvalue weighted by molar-refractivity contribution is -0.147. The zero-order valence-corrected chi connectivity index (χ0v) is 21.5. The molecule has 4 heterocycles. The molecule has 1 spiro atoms. The minimum atomic E-state index is -1.50. The van der Waals surface area contributed by atoms with Crippen LogP contribution in [0.2, 0.25) is 0 Å². The Hall–Kier alpha value is -4.10. The number of anilines is 1. The molecule has 0 bridgehead atoms. The third kappa shape index (κ3) is 4.03. The van der Waals surface area contributed by atoms with E-state index in [0.29, 0.717) is 24.3 Å². The SMILES string of the molecule is C=CCn1c(O)c(C=Nc2ccc3c(c2)CC2(C(=O)NC(=O)NC2=O)[C@@H]2CN(CC)CCN32)c(=O)[nH]c1=S. The molecule has 0 unspecified atom stereocenters. The molecule has 2 fully saturated rings. The van der Waals surface area contributed by atoms with Gasteiger partial charge in [-0.05, 0) is 48.9 Å². The summed E-state index contributed by atoms with van der Waals surface area (Å²) in [5.41, 5.74) is -0.120. The van der Waals surface area contributed by atoms with Gasteiger partial charge in [-0.2, -0.15) is 0 Å². The normalized spacial score (nSPS) is 20.7. The molecule has 0 aliphatic carbocycles. The van der Waals surface area contributed by atoms with Gasteiger partial charge in [0.15, 0.2) is 10.2 Å². The maximum absolute atomic E-state index is 13.3. The number of barbiturate groups is 1. The summed E-state index contributed by atoms with van der Waals surface area (Å²) < 4.78 is 1.38. The number of likely N-dealkylation sites (N-methyl/N-ethyl adjacent to an activating group) is 1. The molecule has 1 atom stereocenters. The Morgan fingerprint density at radius 1 is 1.21 bits per heavy atom. The molecule has 1 aromatic heterocycles. The molecule has 13 heteroatoms. The van der Waals surface area contributed by atoms with Gasteiger partial charge in [-0.15, -0.1) is 6.58 Å². The van der Waals surface area contributed by atoms with Crippen molar-refractivity contribution >= 4 is 47.7 Å². The minimum absolute atomic E-state index is 0.0591. The van der Waals surface area contributed by atoms with Crippen LogP contribution in [-0.4, -0.2) is 75.8 Å². The lowest BCUT2D eigenvalue weighted by Crippen LogP contribution is -2.74. The first-order chi connectivity index (χ1) is 18.2. The Labute approximate surface area is 222 Å². The lowest BCUT2D eigenvalue weighted by atomic mass is 9.68. The first-order valence-electron chi connectivity index (χ1n) is 12.2. The van der Waals surface area contributed by atoms with Gasteiger partial charge in [0.2, 0.25) is 17.7 Å². The van der Waals surface area contributed by atoms with Crippen molar-refractivity contribution in [1.29, 1.82) is 0 Å². The highest BCUT2D eigenvalue weighted by Crippen LogP contribution is 2.45. The molecule has 12 nitrogen and oxygen atoms in total. The number of aromatic amines is 1. The number of aromatic hydroxyl groups is 1. The summed E-state index contributed by atoms with van der Waals surface area (Å²) in [5.74, 6) is -1.58. The first-order valence-corrected chi connectivity index (χ1v) is 12.6. The van der Waals surface area contributed by atoms with Crippen LogP contribution in [0.1, 0.15) is 18.1 Å². The van der Waals surface area contributed by atoms with Gasteiger partial charge in [0.25, 0.3) is 5.56 Å². The molecule has 5 rings (SSSR count). The molecule has 0 radical (unpaired) electrons. The maximum Gasteiger partial charge on any atom is 0.328 e. The van der Waals surface area contributed by atoms with Crippen molar-refractivity contribution in [3.63, 3.8) is 0 Å². The molecule has 4 N–H and O–H groups in total. The summed E-state index contributed by atoms with van der Waals surface area (Å²) in [6, 6.07) is 4.11. The van der Waals surface area contributed by atoms with E-state index in [1.807, 2.05) is 13.0 Å². The van der Waals surface area contributed by atoms with Crippen molar-refractivity contribution in [2.45, 2.75) is 25.9 Å². The van der Waals surface area contributed by atoms with Crippen LogP contribution in [0.25, 0.3) is 0 Å². The van der Waals surface area contributed by atoms with E-state index in [2.05, 4.69) is 37.0 Å². The molecule has 0 saturated carbocycles. The van der Waals surface area contributed by atoms with Gasteiger partial charge in [0, 0.05) is 38.1 Å². The lowest BCUT2D eigenvalue weighted by Gasteiger charge is -2.54. The van der Waals surface area contributed by atoms with Crippen molar-refractivity contribution < 1.29 is 19.5 Å². The van der Waals surface area contributed by atoms with Crippen LogP contribution < -0.4 is 21.1 Å². The molecule has 38 heavy (non-hydrogen) atoms. The number of piperazine rings is 1. The second-order valence-electron chi connectivity index (χ2n) is 9.45. The summed E-state index contributed by atoms with van der Waals surface area (Å²) in [6.07, 6.45) is 2.85. The quantitative estimate of drug-likeness (QED) is 0.191. The van der Waals surface area contributed by atoms with Gasteiger partial charge in [-0.25, -0.2) is 4.79 Å². The second kappa shape index (κ2) is 9.65.